The van der Waals surface area contributed by atoms with Crippen molar-refractivity contribution in [2.24, 2.45) is 0 Å². The maximum Gasteiger partial charge on any atom is 0.100 e. The van der Waals surface area contributed by atoms with E-state index in [2.05, 4.69) is 46.9 Å². The van der Waals surface area contributed by atoms with Crippen LogP contribution in [0.25, 0.3) is 11.0 Å². The van der Waals surface area contributed by atoms with Crippen molar-refractivity contribution in [1.29, 1.82) is 0 Å². The maximum absolute atomic E-state index is 4.84. The number of hydrogen-bond acceptors (Lipinski definition) is 2. The summed E-state index contributed by atoms with van der Waals surface area (Å²) in [5.41, 5.74) is 4.41. The second-order valence-corrected chi connectivity index (χ2v) is 5.40. The summed E-state index contributed by atoms with van der Waals surface area (Å²) < 4.78 is 2.33. The number of aromatic nitrogens is 3. The van der Waals surface area contributed by atoms with E-state index in [0.717, 1.165) is 41.9 Å². The molecule has 2 aromatic heterocycles. The third kappa shape index (κ3) is 3.64. The fourth-order valence-electron chi connectivity index (χ4n) is 2.65. The van der Waals surface area contributed by atoms with Crippen LogP contribution in [-0.2, 0) is 45.7 Å². The van der Waals surface area contributed by atoms with Crippen LogP contribution in [0.3, 0.4) is 0 Å². The molecule has 0 amide bonds. The third-order valence-corrected chi connectivity index (χ3v) is 3.80. The fraction of sp³-hybridized carbons (Fsp3) is 0.333. The van der Waals surface area contributed by atoms with Crippen LogP contribution >= 0.6 is 0 Å². The van der Waals surface area contributed by atoms with Crippen molar-refractivity contribution >= 4 is 11.0 Å². The maximum atomic E-state index is 4.84. The van der Waals surface area contributed by atoms with Crippen LogP contribution in [0.2, 0.25) is 0 Å². The average Bonchev–Trinajstić information content (AvgIpc) is 2.85. The molecule has 111 valence electrons. The van der Waals surface area contributed by atoms with Crippen LogP contribution in [0.1, 0.15) is 36.8 Å². The van der Waals surface area contributed by atoms with Gasteiger partial charge in [0.1, 0.15) is 5.82 Å². The molecule has 0 saturated heterocycles. The average molecular weight is 367 g/mol. The topological polar surface area (TPSA) is 30.7 Å². The number of imidazole rings is 1. The molecule has 1 radical (unpaired) electrons. The number of nitrogens with zero attached hydrogens (tertiary/aromatic N) is 3. The van der Waals surface area contributed by atoms with Crippen molar-refractivity contribution in [1.82, 2.24) is 14.5 Å². The van der Waals surface area contributed by atoms with E-state index in [4.69, 9.17) is 4.98 Å². The van der Waals surface area contributed by atoms with Crippen molar-refractivity contribution in [2.75, 3.05) is 0 Å². The van der Waals surface area contributed by atoms with Crippen molar-refractivity contribution in [3.05, 3.63) is 59.7 Å². The van der Waals surface area contributed by atoms with Gasteiger partial charge in [-0.1, -0.05) is 56.8 Å². The predicted molar refractivity (Wildman–Crippen MR) is 85.3 cm³/mol. The molecule has 0 aliphatic heterocycles. The minimum absolute atomic E-state index is 0. The van der Waals surface area contributed by atoms with E-state index >= 15 is 0 Å². The van der Waals surface area contributed by atoms with Gasteiger partial charge in [0.15, 0.2) is 0 Å². The second-order valence-electron chi connectivity index (χ2n) is 5.40. The number of pyridine rings is 1. The number of fused-ring (bicyclic) bond motifs is 1. The van der Waals surface area contributed by atoms with Gasteiger partial charge in [0.05, 0.1) is 0 Å². The van der Waals surface area contributed by atoms with Gasteiger partial charge in [0, 0.05) is 51.2 Å². The number of benzene rings is 1. The molecule has 3 rings (SSSR count). The van der Waals surface area contributed by atoms with Gasteiger partial charge in [-0.3, -0.25) is 4.98 Å². The quantitative estimate of drug-likeness (QED) is 0.640. The first-order valence-corrected chi connectivity index (χ1v) is 7.56. The van der Waals surface area contributed by atoms with Crippen molar-refractivity contribution in [3.63, 3.8) is 0 Å². The summed E-state index contributed by atoms with van der Waals surface area (Å²) >= 11 is 0. The molecule has 0 saturated carbocycles. The molecular formula is C18H20N3Y-. The summed E-state index contributed by atoms with van der Waals surface area (Å²) in [7, 11) is 0. The number of hydrogen-bond donors (Lipinski definition) is 0. The molecule has 4 heteroatoms. The van der Waals surface area contributed by atoms with Gasteiger partial charge in [-0.2, -0.15) is 0 Å². The van der Waals surface area contributed by atoms with Crippen molar-refractivity contribution in [3.8, 4) is 0 Å². The predicted octanol–water partition coefficient (Wildman–Crippen LogP) is 3.93. The van der Waals surface area contributed by atoms with Crippen LogP contribution in [0.5, 0.6) is 0 Å². The van der Waals surface area contributed by atoms with E-state index < -0.39 is 0 Å². The number of aryl methyl sites for hydroxylation is 2. The van der Waals surface area contributed by atoms with E-state index in [1.54, 1.807) is 0 Å². The Bertz CT molecular complexity index is 735. The summed E-state index contributed by atoms with van der Waals surface area (Å²) in [6.07, 6.45) is 6.19. The van der Waals surface area contributed by atoms with Crippen molar-refractivity contribution in [2.45, 2.75) is 39.7 Å². The third-order valence-electron chi connectivity index (χ3n) is 3.80. The fourth-order valence-corrected chi connectivity index (χ4v) is 2.65. The summed E-state index contributed by atoms with van der Waals surface area (Å²) in [5, 5.41) is 0. The molecule has 0 N–H and O–H groups in total. The van der Waals surface area contributed by atoms with Crippen molar-refractivity contribution < 1.29 is 32.7 Å². The van der Waals surface area contributed by atoms with Crippen LogP contribution < -0.4 is 0 Å². The van der Waals surface area contributed by atoms with Crippen LogP contribution in [0.4, 0.5) is 0 Å². The normalized spacial score (nSPS) is 10.6. The molecule has 0 aliphatic carbocycles. The first kappa shape index (κ1) is 17.3. The molecule has 0 fully saturated rings. The molecular weight excluding hydrogens is 347 g/mol. The van der Waals surface area contributed by atoms with Crippen LogP contribution in [-0.4, -0.2) is 14.5 Å². The molecule has 0 unspecified atom stereocenters. The minimum atomic E-state index is 0. The van der Waals surface area contributed by atoms with Gasteiger partial charge >= 0.3 is 0 Å². The van der Waals surface area contributed by atoms with E-state index in [-0.39, 0.29) is 32.7 Å². The zero-order valence-electron chi connectivity index (χ0n) is 13.2. The molecule has 0 atom stereocenters. The Kier molecular flexibility index (Phi) is 6.28. The van der Waals surface area contributed by atoms with E-state index in [9.17, 15) is 0 Å². The largest absolute Gasteiger partial charge is 0.389 e. The minimum Gasteiger partial charge on any atom is -0.389 e. The van der Waals surface area contributed by atoms with Crippen LogP contribution in [0.15, 0.2) is 36.4 Å². The first-order valence-electron chi connectivity index (χ1n) is 7.56. The monoisotopic (exact) mass is 367 g/mol. The van der Waals surface area contributed by atoms with Gasteiger partial charge in [-0.05, 0) is 23.2 Å². The Morgan fingerprint density at radius 1 is 1.18 bits per heavy atom. The number of unbranched alkanes of at least 4 members (excludes halogenated alkanes) is 1. The number of rotatable bonds is 5. The smallest absolute Gasteiger partial charge is 0.100 e. The van der Waals surface area contributed by atoms with Gasteiger partial charge < -0.3 is 9.55 Å². The summed E-state index contributed by atoms with van der Waals surface area (Å²) in [4.78, 5) is 9.09. The van der Waals surface area contributed by atoms with E-state index in [1.165, 1.54) is 12.0 Å². The Hall–Kier alpha value is -1.06. The van der Waals surface area contributed by atoms with E-state index in [1.807, 2.05) is 19.1 Å². The molecule has 2 heterocycles. The standard InChI is InChI=1S/C18H20N3.Y/c1-3-4-12-21-16-10-11-19-14(2)18(16)20-17(21)13-15-8-6-5-7-9-15;/h5-10H,3-4,12-13H2,1-2H3;/q-1;. The zero-order valence-corrected chi connectivity index (χ0v) is 16.0. The Morgan fingerprint density at radius 2 is 1.95 bits per heavy atom. The van der Waals surface area contributed by atoms with Gasteiger partial charge in [-0.15, -0.1) is 6.07 Å². The van der Waals surface area contributed by atoms with Crippen LogP contribution in [0, 0.1) is 13.1 Å². The Morgan fingerprint density at radius 3 is 2.68 bits per heavy atom. The summed E-state index contributed by atoms with van der Waals surface area (Å²) in [6.45, 7) is 5.23. The molecule has 1 aromatic carbocycles. The van der Waals surface area contributed by atoms with Gasteiger partial charge in [0.25, 0.3) is 0 Å². The SMILES string of the molecule is CCCCn1c(Cc2ccccc2)nc2c(C)n[c-]cc21.[Y]. The molecule has 22 heavy (non-hydrogen) atoms. The van der Waals surface area contributed by atoms with Gasteiger partial charge in [-0.25, -0.2) is 0 Å². The molecule has 0 spiro atoms. The molecule has 3 nitrogen and oxygen atoms in total. The first-order chi connectivity index (χ1) is 10.3. The second kappa shape index (κ2) is 7.98. The molecule has 0 bridgehead atoms. The molecule has 0 aliphatic rings. The summed E-state index contributed by atoms with van der Waals surface area (Å²) in [6, 6.07) is 12.5. The zero-order chi connectivity index (χ0) is 14.7. The van der Waals surface area contributed by atoms with Gasteiger partial charge in [0.2, 0.25) is 0 Å². The molecule has 3 aromatic rings. The Balaban J connectivity index is 0.00000176. The Labute approximate surface area is 157 Å². The summed E-state index contributed by atoms with van der Waals surface area (Å²) in [5.74, 6) is 1.12. The van der Waals surface area contributed by atoms with E-state index in [0.29, 0.717) is 0 Å².